The Bertz CT molecular complexity index is 255. The molecule has 1 aromatic carbocycles. The maximum Gasteiger partial charge on any atom is 0.119 e. The van der Waals surface area contributed by atoms with Crippen molar-refractivity contribution in [1.29, 1.82) is 0 Å². The molecule has 0 saturated carbocycles. The second kappa shape index (κ2) is 8.17. The van der Waals surface area contributed by atoms with E-state index < -0.39 is 0 Å². The average Bonchev–Trinajstić information content (AvgIpc) is 2.31. The smallest absolute Gasteiger partial charge is 0.119 e. The summed E-state index contributed by atoms with van der Waals surface area (Å²) in [4.78, 5) is 2.46. The van der Waals surface area contributed by atoms with Crippen molar-refractivity contribution in [2.24, 2.45) is 0 Å². The molecule has 0 radical (unpaired) electrons. The van der Waals surface area contributed by atoms with E-state index in [2.05, 4.69) is 18.7 Å². The lowest BCUT2D eigenvalue weighted by Crippen LogP contribution is -2.30. The van der Waals surface area contributed by atoms with Crippen molar-refractivity contribution >= 4 is 0 Å². The summed E-state index contributed by atoms with van der Waals surface area (Å²) in [6, 6.07) is 10.0. The van der Waals surface area contributed by atoms with Crippen LogP contribution in [0.25, 0.3) is 0 Å². The number of benzene rings is 1. The Hall–Kier alpha value is -1.02. The van der Waals surface area contributed by atoms with Gasteiger partial charge in [-0.25, -0.2) is 0 Å². The van der Waals surface area contributed by atoms with Crippen molar-refractivity contribution in [2.75, 3.05) is 26.2 Å². The van der Waals surface area contributed by atoms with Crippen LogP contribution in [0.4, 0.5) is 0 Å². The fourth-order valence-electron chi connectivity index (χ4n) is 1.78. The molecule has 90 valence electrons. The zero-order chi connectivity index (χ0) is 11.6. The van der Waals surface area contributed by atoms with Gasteiger partial charge in [0.15, 0.2) is 0 Å². The van der Waals surface area contributed by atoms with E-state index in [4.69, 9.17) is 4.74 Å². The predicted molar refractivity (Wildman–Crippen MR) is 69.0 cm³/mol. The molecule has 0 saturated heterocycles. The minimum Gasteiger partial charge on any atom is -0.492 e. The van der Waals surface area contributed by atoms with Gasteiger partial charge in [-0.15, -0.1) is 0 Å². The van der Waals surface area contributed by atoms with E-state index in [0.717, 1.165) is 18.9 Å². The van der Waals surface area contributed by atoms with Crippen LogP contribution in [-0.2, 0) is 0 Å². The molecule has 0 aliphatic carbocycles. The maximum atomic E-state index is 5.69. The quantitative estimate of drug-likeness (QED) is 0.668. The van der Waals surface area contributed by atoms with Crippen molar-refractivity contribution in [3.05, 3.63) is 30.3 Å². The van der Waals surface area contributed by atoms with E-state index in [9.17, 15) is 0 Å². The summed E-state index contributed by atoms with van der Waals surface area (Å²) < 4.78 is 5.69. The Morgan fingerprint density at radius 3 is 2.12 bits per heavy atom. The van der Waals surface area contributed by atoms with Crippen LogP contribution in [0.5, 0.6) is 5.75 Å². The second-order valence-corrected chi connectivity index (χ2v) is 4.00. The molecule has 0 N–H and O–H groups in total. The normalized spacial score (nSPS) is 10.7. The molecule has 0 aromatic heterocycles. The first kappa shape index (κ1) is 13.0. The Labute approximate surface area is 99.2 Å². The highest BCUT2D eigenvalue weighted by Crippen LogP contribution is 2.08. The predicted octanol–water partition coefficient (Wildman–Crippen LogP) is 3.19. The van der Waals surface area contributed by atoms with Crippen molar-refractivity contribution < 1.29 is 4.74 Å². The van der Waals surface area contributed by atoms with Crippen LogP contribution in [0.1, 0.15) is 26.7 Å². The van der Waals surface area contributed by atoms with E-state index in [-0.39, 0.29) is 0 Å². The summed E-state index contributed by atoms with van der Waals surface area (Å²) in [5, 5.41) is 0. The molecule has 1 aromatic rings. The monoisotopic (exact) mass is 221 g/mol. The lowest BCUT2D eigenvalue weighted by atomic mass is 10.3. The first-order chi connectivity index (χ1) is 7.86. The van der Waals surface area contributed by atoms with E-state index >= 15 is 0 Å². The van der Waals surface area contributed by atoms with Crippen LogP contribution >= 0.6 is 0 Å². The van der Waals surface area contributed by atoms with Gasteiger partial charge in [-0.2, -0.15) is 0 Å². The van der Waals surface area contributed by atoms with E-state index in [0.29, 0.717) is 0 Å². The van der Waals surface area contributed by atoms with Crippen LogP contribution in [0.2, 0.25) is 0 Å². The zero-order valence-corrected chi connectivity index (χ0v) is 10.5. The van der Waals surface area contributed by atoms with Gasteiger partial charge in [-0.1, -0.05) is 32.0 Å². The minimum atomic E-state index is 0.782. The van der Waals surface area contributed by atoms with Crippen molar-refractivity contribution in [3.63, 3.8) is 0 Å². The summed E-state index contributed by atoms with van der Waals surface area (Å²) in [6.45, 7) is 8.60. The molecule has 0 heterocycles. The SMILES string of the molecule is CCCN(CCC)CCOc1ccccc1. The third kappa shape index (κ3) is 5.17. The van der Waals surface area contributed by atoms with Crippen molar-refractivity contribution in [3.8, 4) is 5.75 Å². The van der Waals surface area contributed by atoms with Gasteiger partial charge in [0, 0.05) is 6.54 Å². The van der Waals surface area contributed by atoms with Gasteiger partial charge in [-0.3, -0.25) is 4.90 Å². The van der Waals surface area contributed by atoms with Gasteiger partial charge in [-0.05, 0) is 38.1 Å². The molecule has 0 atom stereocenters. The molecule has 2 heteroatoms. The van der Waals surface area contributed by atoms with E-state index in [1.54, 1.807) is 0 Å². The first-order valence-electron chi connectivity index (χ1n) is 6.27. The number of hydrogen-bond acceptors (Lipinski definition) is 2. The minimum absolute atomic E-state index is 0.782. The van der Waals surface area contributed by atoms with Gasteiger partial charge < -0.3 is 4.74 Å². The molecule has 16 heavy (non-hydrogen) atoms. The van der Waals surface area contributed by atoms with Gasteiger partial charge in [0.05, 0.1) is 0 Å². The number of nitrogens with zero attached hydrogens (tertiary/aromatic N) is 1. The number of para-hydroxylation sites is 1. The zero-order valence-electron chi connectivity index (χ0n) is 10.5. The summed E-state index contributed by atoms with van der Waals surface area (Å²) in [5.74, 6) is 0.968. The van der Waals surface area contributed by atoms with Gasteiger partial charge in [0.1, 0.15) is 12.4 Å². The van der Waals surface area contributed by atoms with Crippen LogP contribution in [0.15, 0.2) is 30.3 Å². The highest BCUT2D eigenvalue weighted by molar-refractivity contribution is 5.20. The van der Waals surface area contributed by atoms with Crippen LogP contribution in [-0.4, -0.2) is 31.1 Å². The molecule has 2 nitrogen and oxygen atoms in total. The first-order valence-corrected chi connectivity index (χ1v) is 6.27. The standard InChI is InChI=1S/C14H23NO/c1-3-10-15(11-4-2)12-13-16-14-8-6-5-7-9-14/h5-9H,3-4,10-13H2,1-2H3. The molecule has 0 fully saturated rings. The van der Waals surface area contributed by atoms with Gasteiger partial charge in [0.2, 0.25) is 0 Å². The molecular weight excluding hydrogens is 198 g/mol. The van der Waals surface area contributed by atoms with Crippen LogP contribution in [0.3, 0.4) is 0 Å². The fraction of sp³-hybridized carbons (Fsp3) is 0.571. The maximum absolute atomic E-state index is 5.69. The number of ether oxygens (including phenoxy) is 1. The lowest BCUT2D eigenvalue weighted by molar-refractivity contribution is 0.209. The summed E-state index contributed by atoms with van der Waals surface area (Å²) >= 11 is 0. The van der Waals surface area contributed by atoms with Crippen molar-refractivity contribution in [1.82, 2.24) is 4.90 Å². The van der Waals surface area contributed by atoms with Crippen LogP contribution < -0.4 is 4.74 Å². The molecule has 0 unspecified atom stereocenters. The highest BCUT2D eigenvalue weighted by atomic mass is 16.5. The molecule has 0 aliphatic heterocycles. The van der Waals surface area contributed by atoms with Gasteiger partial charge in [0.25, 0.3) is 0 Å². The number of hydrogen-bond donors (Lipinski definition) is 0. The highest BCUT2D eigenvalue weighted by Gasteiger charge is 2.02. The Balaban J connectivity index is 2.22. The third-order valence-electron chi connectivity index (χ3n) is 2.50. The Morgan fingerprint density at radius 2 is 1.56 bits per heavy atom. The summed E-state index contributed by atoms with van der Waals surface area (Å²) in [6.07, 6.45) is 2.43. The molecule has 0 aliphatic rings. The van der Waals surface area contributed by atoms with Crippen molar-refractivity contribution in [2.45, 2.75) is 26.7 Å². The second-order valence-electron chi connectivity index (χ2n) is 4.00. The molecule has 0 bridgehead atoms. The summed E-state index contributed by atoms with van der Waals surface area (Å²) in [7, 11) is 0. The average molecular weight is 221 g/mol. The fourth-order valence-corrected chi connectivity index (χ4v) is 1.78. The molecule has 0 spiro atoms. The third-order valence-corrected chi connectivity index (χ3v) is 2.50. The van der Waals surface area contributed by atoms with Crippen LogP contribution in [0, 0.1) is 0 Å². The lowest BCUT2D eigenvalue weighted by Gasteiger charge is -2.20. The molecule has 0 amide bonds. The number of rotatable bonds is 8. The van der Waals surface area contributed by atoms with E-state index in [1.165, 1.54) is 25.9 Å². The Morgan fingerprint density at radius 1 is 0.938 bits per heavy atom. The summed E-state index contributed by atoms with van der Waals surface area (Å²) in [5.41, 5.74) is 0. The Kier molecular flexibility index (Phi) is 6.66. The molecular formula is C14H23NO. The largest absolute Gasteiger partial charge is 0.492 e. The van der Waals surface area contributed by atoms with E-state index in [1.807, 2.05) is 30.3 Å². The van der Waals surface area contributed by atoms with Gasteiger partial charge >= 0.3 is 0 Å². The molecule has 1 rings (SSSR count). The topological polar surface area (TPSA) is 12.5 Å².